The molecule has 1 fully saturated rings. The number of amides is 1. The lowest BCUT2D eigenvalue weighted by molar-refractivity contribution is 0.0694. The summed E-state index contributed by atoms with van der Waals surface area (Å²) in [6, 6.07) is 10.9. The van der Waals surface area contributed by atoms with E-state index in [4.69, 9.17) is 5.11 Å². The molecule has 0 bridgehead atoms. The summed E-state index contributed by atoms with van der Waals surface area (Å²) in [4.78, 5) is 27.8. The maximum atomic E-state index is 12.6. The molecule has 2 aromatic rings. The third kappa shape index (κ3) is 3.30. The molecule has 1 atom stereocenters. The molecule has 0 radical (unpaired) electrons. The summed E-state index contributed by atoms with van der Waals surface area (Å²) in [6.45, 7) is 3.64. The van der Waals surface area contributed by atoms with Crippen LogP contribution in [0.2, 0.25) is 0 Å². The van der Waals surface area contributed by atoms with Crippen LogP contribution in [-0.2, 0) is 0 Å². The second-order valence-corrected chi connectivity index (χ2v) is 6.28. The van der Waals surface area contributed by atoms with Crippen LogP contribution in [0.15, 0.2) is 36.4 Å². The van der Waals surface area contributed by atoms with Gasteiger partial charge in [0.15, 0.2) is 0 Å². The maximum absolute atomic E-state index is 12.6. The lowest BCUT2D eigenvalue weighted by Gasteiger charge is -2.20. The molecule has 1 saturated carbocycles. The van der Waals surface area contributed by atoms with E-state index in [-0.39, 0.29) is 23.2 Å². The Balaban J connectivity index is 1.83. The van der Waals surface area contributed by atoms with E-state index in [1.807, 2.05) is 31.2 Å². The van der Waals surface area contributed by atoms with E-state index in [1.54, 1.807) is 6.92 Å². The molecule has 1 aliphatic carbocycles. The average molecular weight is 324 g/mol. The van der Waals surface area contributed by atoms with Crippen molar-refractivity contribution in [3.63, 3.8) is 0 Å². The number of carbonyl (C=O) groups excluding carboxylic acids is 1. The first-order valence-corrected chi connectivity index (χ1v) is 8.04. The number of hydrogen-bond donors (Lipinski definition) is 2. The number of carboxylic acids is 1. The minimum atomic E-state index is -1.04. The van der Waals surface area contributed by atoms with Crippen molar-refractivity contribution in [3.8, 4) is 0 Å². The van der Waals surface area contributed by atoms with Gasteiger partial charge in [0.1, 0.15) is 5.69 Å². The zero-order valence-corrected chi connectivity index (χ0v) is 13.7. The van der Waals surface area contributed by atoms with E-state index in [0.717, 1.165) is 24.0 Å². The van der Waals surface area contributed by atoms with Crippen molar-refractivity contribution in [3.05, 3.63) is 64.5 Å². The number of benzene rings is 1. The standard InChI is InChI=1S/C19H20N2O3/c1-11-5-3-4-6-14(11)17(13-7-8-13)21-18(22)16-10-9-15(19(23)24)12(2)20-16/h3-6,9-10,13,17H,7-8H2,1-2H3,(H,21,22)(H,23,24). The summed E-state index contributed by atoms with van der Waals surface area (Å²) >= 11 is 0. The number of carbonyl (C=O) groups is 2. The topological polar surface area (TPSA) is 79.3 Å². The molecule has 124 valence electrons. The van der Waals surface area contributed by atoms with Crippen LogP contribution in [0, 0.1) is 19.8 Å². The predicted octanol–water partition coefficient (Wildman–Crippen LogP) is 3.28. The number of rotatable bonds is 5. The quantitative estimate of drug-likeness (QED) is 0.884. The first-order valence-electron chi connectivity index (χ1n) is 8.04. The highest BCUT2D eigenvalue weighted by atomic mass is 16.4. The number of aromatic nitrogens is 1. The van der Waals surface area contributed by atoms with E-state index in [1.165, 1.54) is 12.1 Å². The Morgan fingerprint density at radius 2 is 1.88 bits per heavy atom. The van der Waals surface area contributed by atoms with Crippen molar-refractivity contribution < 1.29 is 14.7 Å². The van der Waals surface area contributed by atoms with Gasteiger partial charge in [-0.2, -0.15) is 0 Å². The van der Waals surface area contributed by atoms with Crippen LogP contribution in [0.4, 0.5) is 0 Å². The second kappa shape index (κ2) is 6.43. The maximum Gasteiger partial charge on any atom is 0.337 e. The van der Waals surface area contributed by atoms with Gasteiger partial charge < -0.3 is 10.4 Å². The Labute approximate surface area is 140 Å². The van der Waals surface area contributed by atoms with E-state index < -0.39 is 5.97 Å². The van der Waals surface area contributed by atoms with Gasteiger partial charge in [-0.1, -0.05) is 24.3 Å². The minimum Gasteiger partial charge on any atom is -0.478 e. The van der Waals surface area contributed by atoms with Crippen molar-refractivity contribution in [1.82, 2.24) is 10.3 Å². The van der Waals surface area contributed by atoms with E-state index in [9.17, 15) is 9.59 Å². The summed E-state index contributed by atoms with van der Waals surface area (Å²) in [5.74, 6) is -0.854. The normalized spacial score (nSPS) is 14.9. The Morgan fingerprint density at radius 1 is 1.17 bits per heavy atom. The molecule has 1 amide bonds. The third-order valence-electron chi connectivity index (χ3n) is 4.45. The van der Waals surface area contributed by atoms with E-state index in [2.05, 4.69) is 10.3 Å². The monoisotopic (exact) mass is 324 g/mol. The zero-order chi connectivity index (χ0) is 17.3. The van der Waals surface area contributed by atoms with Crippen LogP contribution in [-0.4, -0.2) is 22.0 Å². The fourth-order valence-corrected chi connectivity index (χ4v) is 2.94. The lowest BCUT2D eigenvalue weighted by Crippen LogP contribution is -2.31. The predicted molar refractivity (Wildman–Crippen MR) is 90.0 cm³/mol. The number of aromatic carboxylic acids is 1. The Morgan fingerprint density at radius 3 is 2.46 bits per heavy atom. The van der Waals surface area contributed by atoms with Crippen molar-refractivity contribution in [2.24, 2.45) is 5.92 Å². The molecule has 1 unspecified atom stereocenters. The summed E-state index contributed by atoms with van der Waals surface area (Å²) in [5.41, 5.74) is 2.99. The van der Waals surface area contributed by atoms with Gasteiger partial charge in [0.05, 0.1) is 17.3 Å². The number of nitrogens with zero attached hydrogens (tertiary/aromatic N) is 1. The molecule has 5 heteroatoms. The Hall–Kier alpha value is -2.69. The number of nitrogens with one attached hydrogen (secondary N) is 1. The zero-order valence-electron chi connectivity index (χ0n) is 13.7. The Bertz CT molecular complexity index is 797. The van der Waals surface area contributed by atoms with Crippen LogP contribution >= 0.6 is 0 Å². The number of carboxylic acid groups (broad SMARTS) is 1. The van der Waals surface area contributed by atoms with Gasteiger partial charge in [-0.15, -0.1) is 0 Å². The SMILES string of the molecule is Cc1ccccc1C(NC(=O)c1ccc(C(=O)O)c(C)n1)C1CC1. The number of aryl methyl sites for hydroxylation is 2. The highest BCUT2D eigenvalue weighted by Gasteiger charge is 2.34. The van der Waals surface area contributed by atoms with Crippen LogP contribution in [0.1, 0.15) is 56.6 Å². The highest BCUT2D eigenvalue weighted by molar-refractivity contribution is 5.94. The molecule has 2 N–H and O–H groups in total. The van der Waals surface area contributed by atoms with Crippen molar-refractivity contribution in [2.75, 3.05) is 0 Å². The molecular weight excluding hydrogens is 304 g/mol. The van der Waals surface area contributed by atoms with Crippen LogP contribution in [0.25, 0.3) is 0 Å². The molecular formula is C19H20N2O3. The fraction of sp³-hybridized carbons (Fsp3) is 0.316. The third-order valence-corrected chi connectivity index (χ3v) is 4.45. The molecule has 0 spiro atoms. The molecule has 1 aliphatic rings. The van der Waals surface area contributed by atoms with Crippen molar-refractivity contribution in [2.45, 2.75) is 32.7 Å². The molecule has 3 rings (SSSR count). The summed E-state index contributed by atoms with van der Waals surface area (Å²) < 4.78 is 0. The van der Waals surface area contributed by atoms with Gasteiger partial charge in [0.2, 0.25) is 0 Å². The largest absolute Gasteiger partial charge is 0.478 e. The van der Waals surface area contributed by atoms with Gasteiger partial charge in [0, 0.05) is 0 Å². The highest BCUT2D eigenvalue weighted by Crippen LogP contribution is 2.41. The van der Waals surface area contributed by atoms with Gasteiger partial charge in [-0.05, 0) is 55.9 Å². The van der Waals surface area contributed by atoms with Crippen LogP contribution in [0.3, 0.4) is 0 Å². The molecule has 24 heavy (non-hydrogen) atoms. The van der Waals surface area contributed by atoms with Crippen LogP contribution < -0.4 is 5.32 Å². The molecule has 5 nitrogen and oxygen atoms in total. The fourth-order valence-electron chi connectivity index (χ4n) is 2.94. The van der Waals surface area contributed by atoms with Gasteiger partial charge >= 0.3 is 5.97 Å². The van der Waals surface area contributed by atoms with Crippen molar-refractivity contribution >= 4 is 11.9 Å². The van der Waals surface area contributed by atoms with Crippen molar-refractivity contribution in [1.29, 1.82) is 0 Å². The first kappa shape index (κ1) is 16.2. The molecule has 1 aromatic carbocycles. The molecule has 0 saturated heterocycles. The van der Waals surface area contributed by atoms with E-state index in [0.29, 0.717) is 11.6 Å². The second-order valence-electron chi connectivity index (χ2n) is 6.28. The lowest BCUT2D eigenvalue weighted by atomic mass is 9.97. The Kier molecular flexibility index (Phi) is 4.34. The minimum absolute atomic E-state index is 0.0278. The van der Waals surface area contributed by atoms with Gasteiger partial charge in [-0.3, -0.25) is 4.79 Å². The van der Waals surface area contributed by atoms with Gasteiger partial charge in [-0.25, -0.2) is 9.78 Å². The number of pyridine rings is 1. The number of hydrogen-bond acceptors (Lipinski definition) is 3. The summed E-state index contributed by atoms with van der Waals surface area (Å²) in [7, 11) is 0. The van der Waals surface area contributed by atoms with Crippen LogP contribution in [0.5, 0.6) is 0 Å². The molecule has 0 aliphatic heterocycles. The summed E-state index contributed by atoms with van der Waals surface area (Å²) in [5, 5.41) is 12.1. The first-order chi connectivity index (χ1) is 11.5. The molecule has 1 aromatic heterocycles. The molecule has 1 heterocycles. The summed E-state index contributed by atoms with van der Waals surface area (Å²) in [6.07, 6.45) is 2.20. The average Bonchev–Trinajstić information content (AvgIpc) is 3.37. The van der Waals surface area contributed by atoms with E-state index >= 15 is 0 Å². The van der Waals surface area contributed by atoms with Gasteiger partial charge in [0.25, 0.3) is 5.91 Å². The smallest absolute Gasteiger partial charge is 0.337 e.